The minimum absolute atomic E-state index is 0.00872. The molecule has 1 saturated heterocycles. The average Bonchev–Trinajstić information content (AvgIpc) is 2.66. The van der Waals surface area contributed by atoms with Crippen LogP contribution < -0.4 is 10.5 Å². The Bertz CT molecular complexity index is 621. The van der Waals surface area contributed by atoms with Crippen LogP contribution >= 0.6 is 0 Å². The third kappa shape index (κ3) is 4.76. The molecule has 0 unspecified atom stereocenters. The van der Waals surface area contributed by atoms with E-state index in [0.717, 1.165) is 31.8 Å². The first kappa shape index (κ1) is 19.2. The topological polar surface area (TPSA) is 55.6 Å². The Morgan fingerprint density at radius 1 is 1.15 bits per heavy atom. The van der Waals surface area contributed by atoms with Gasteiger partial charge in [0, 0.05) is 19.0 Å². The molecule has 1 heterocycles. The Labute approximate surface area is 155 Å². The maximum absolute atomic E-state index is 13.8. The van der Waals surface area contributed by atoms with Crippen LogP contribution in [0.3, 0.4) is 0 Å². The summed E-state index contributed by atoms with van der Waals surface area (Å²) in [6.07, 6.45) is 9.45. The number of benzene rings is 1. The summed E-state index contributed by atoms with van der Waals surface area (Å²) in [6.45, 7) is 3.36. The van der Waals surface area contributed by atoms with Gasteiger partial charge in [0.2, 0.25) is 0 Å². The first-order chi connectivity index (χ1) is 12.6. The Morgan fingerprint density at radius 2 is 1.85 bits per heavy atom. The molecule has 1 aliphatic heterocycles. The summed E-state index contributed by atoms with van der Waals surface area (Å²) in [5.41, 5.74) is 5.89. The van der Waals surface area contributed by atoms with E-state index in [-0.39, 0.29) is 11.5 Å². The van der Waals surface area contributed by atoms with Gasteiger partial charge in [0.05, 0.1) is 18.4 Å². The highest BCUT2D eigenvalue weighted by atomic mass is 19.1. The Kier molecular flexibility index (Phi) is 6.52. The number of nitrogen functional groups attached to an aromatic ring is 1. The summed E-state index contributed by atoms with van der Waals surface area (Å²) in [4.78, 5) is 15.2. The summed E-state index contributed by atoms with van der Waals surface area (Å²) >= 11 is 0. The van der Waals surface area contributed by atoms with E-state index in [4.69, 9.17) is 10.5 Å². The lowest BCUT2D eigenvalue weighted by atomic mass is 9.86. The maximum atomic E-state index is 13.8. The molecule has 3 rings (SSSR count). The van der Waals surface area contributed by atoms with E-state index < -0.39 is 5.82 Å². The van der Waals surface area contributed by atoms with Crippen LogP contribution in [0.15, 0.2) is 12.1 Å². The highest BCUT2D eigenvalue weighted by molar-refractivity contribution is 5.99. The molecular weight excluding hydrogens is 331 g/mol. The molecule has 0 aromatic heterocycles. The number of anilines is 1. The summed E-state index contributed by atoms with van der Waals surface area (Å²) in [6, 6.07) is 2.62. The van der Waals surface area contributed by atoms with Crippen LogP contribution in [0.5, 0.6) is 5.75 Å². The number of likely N-dealkylation sites (tertiary alicyclic amines) is 1. The predicted molar refractivity (Wildman–Crippen MR) is 102 cm³/mol. The number of nitrogens with zero attached hydrogens (tertiary/aromatic N) is 1. The Balaban J connectivity index is 1.51. The van der Waals surface area contributed by atoms with Crippen molar-refractivity contribution in [3.8, 4) is 5.75 Å². The van der Waals surface area contributed by atoms with Gasteiger partial charge in [-0.25, -0.2) is 4.39 Å². The summed E-state index contributed by atoms with van der Waals surface area (Å²) in [7, 11) is 1.48. The van der Waals surface area contributed by atoms with Crippen molar-refractivity contribution in [3.63, 3.8) is 0 Å². The lowest BCUT2D eigenvalue weighted by molar-refractivity contribution is 0.0910. The molecule has 5 heteroatoms. The number of ketones is 1. The number of methoxy groups -OCH3 is 1. The first-order valence-electron chi connectivity index (χ1n) is 9.95. The standard InChI is InChI=1S/C21H31FN2O2/c1-26-21-13-19(23)18(22)12-17(21)20(25)11-15-7-9-24(10-8-15)14-16-5-3-2-4-6-16/h12-13,15-16H,2-11,14,23H2,1H3. The number of piperidine rings is 1. The van der Waals surface area contributed by atoms with Crippen LogP contribution in [0.4, 0.5) is 10.1 Å². The largest absolute Gasteiger partial charge is 0.496 e. The molecule has 1 aliphatic carbocycles. The second-order valence-electron chi connectivity index (χ2n) is 7.95. The number of Topliss-reactive ketones (excluding diaryl/α,β-unsaturated/α-hetero) is 1. The van der Waals surface area contributed by atoms with E-state index in [9.17, 15) is 9.18 Å². The van der Waals surface area contributed by atoms with Gasteiger partial charge in [-0.15, -0.1) is 0 Å². The van der Waals surface area contributed by atoms with E-state index in [0.29, 0.717) is 23.7 Å². The van der Waals surface area contributed by atoms with Gasteiger partial charge in [-0.1, -0.05) is 19.3 Å². The lowest BCUT2D eigenvalue weighted by Crippen LogP contribution is -2.38. The van der Waals surface area contributed by atoms with Crippen molar-refractivity contribution in [2.45, 2.75) is 51.4 Å². The van der Waals surface area contributed by atoms with E-state index in [1.54, 1.807) is 0 Å². The van der Waals surface area contributed by atoms with Crippen molar-refractivity contribution in [2.24, 2.45) is 11.8 Å². The fourth-order valence-corrected chi connectivity index (χ4v) is 4.44. The number of nitrogens with two attached hydrogens (primary N) is 1. The smallest absolute Gasteiger partial charge is 0.166 e. The van der Waals surface area contributed by atoms with Crippen molar-refractivity contribution in [3.05, 3.63) is 23.5 Å². The van der Waals surface area contributed by atoms with Crippen LogP contribution in [-0.2, 0) is 0 Å². The summed E-state index contributed by atoms with van der Waals surface area (Å²) < 4.78 is 19.0. The quantitative estimate of drug-likeness (QED) is 0.606. The van der Waals surface area contributed by atoms with Gasteiger partial charge in [0.25, 0.3) is 0 Å². The Morgan fingerprint density at radius 3 is 2.50 bits per heavy atom. The van der Waals surface area contributed by atoms with Crippen LogP contribution in [0.2, 0.25) is 0 Å². The van der Waals surface area contributed by atoms with Crippen LogP contribution in [-0.4, -0.2) is 37.4 Å². The molecule has 0 amide bonds. The van der Waals surface area contributed by atoms with Crippen LogP contribution in [0.1, 0.15) is 61.7 Å². The predicted octanol–water partition coefficient (Wildman–Crippen LogP) is 4.28. The van der Waals surface area contributed by atoms with Crippen molar-refractivity contribution in [2.75, 3.05) is 32.5 Å². The maximum Gasteiger partial charge on any atom is 0.166 e. The number of rotatable bonds is 6. The van der Waals surface area contributed by atoms with Gasteiger partial charge in [-0.3, -0.25) is 4.79 Å². The van der Waals surface area contributed by atoms with Gasteiger partial charge in [0.1, 0.15) is 11.6 Å². The second kappa shape index (κ2) is 8.85. The van der Waals surface area contributed by atoms with Crippen molar-refractivity contribution in [1.29, 1.82) is 0 Å². The van der Waals surface area contributed by atoms with E-state index in [2.05, 4.69) is 4.90 Å². The zero-order valence-corrected chi connectivity index (χ0v) is 15.8. The van der Waals surface area contributed by atoms with Gasteiger partial charge < -0.3 is 15.4 Å². The number of ether oxygens (including phenoxy) is 1. The normalized spacial score (nSPS) is 20.2. The van der Waals surface area contributed by atoms with Crippen molar-refractivity contribution < 1.29 is 13.9 Å². The minimum atomic E-state index is -0.559. The molecule has 0 radical (unpaired) electrons. The number of hydrogen-bond donors (Lipinski definition) is 1. The van der Waals surface area contributed by atoms with E-state index in [1.165, 1.54) is 57.9 Å². The number of carbonyl (C=O) groups is 1. The van der Waals surface area contributed by atoms with Crippen LogP contribution in [0.25, 0.3) is 0 Å². The SMILES string of the molecule is COc1cc(N)c(F)cc1C(=O)CC1CCN(CC2CCCCC2)CC1. The summed E-state index contributed by atoms with van der Waals surface area (Å²) in [5, 5.41) is 0. The van der Waals surface area contributed by atoms with Crippen molar-refractivity contribution >= 4 is 11.5 Å². The minimum Gasteiger partial charge on any atom is -0.496 e. The summed E-state index contributed by atoms with van der Waals surface area (Å²) in [5.74, 6) is 0.992. The molecular formula is C21H31FN2O2. The molecule has 2 N–H and O–H groups in total. The number of carbonyl (C=O) groups excluding carboxylic acids is 1. The van der Waals surface area contributed by atoms with E-state index >= 15 is 0 Å². The zero-order chi connectivity index (χ0) is 18.5. The molecule has 2 aliphatic rings. The highest BCUT2D eigenvalue weighted by Gasteiger charge is 2.25. The van der Waals surface area contributed by atoms with E-state index in [1.807, 2.05) is 0 Å². The molecule has 1 saturated carbocycles. The van der Waals surface area contributed by atoms with Gasteiger partial charge in [-0.05, 0) is 56.7 Å². The number of halogens is 1. The number of hydrogen-bond acceptors (Lipinski definition) is 4. The molecule has 2 fully saturated rings. The molecule has 0 spiro atoms. The third-order valence-corrected chi connectivity index (χ3v) is 6.04. The molecule has 1 aromatic carbocycles. The van der Waals surface area contributed by atoms with Gasteiger partial charge in [0.15, 0.2) is 5.78 Å². The lowest BCUT2D eigenvalue weighted by Gasteiger charge is -2.35. The Hall–Kier alpha value is -1.62. The molecule has 0 bridgehead atoms. The van der Waals surface area contributed by atoms with Gasteiger partial charge in [-0.2, -0.15) is 0 Å². The molecule has 1 aromatic rings. The monoisotopic (exact) mass is 362 g/mol. The van der Waals surface area contributed by atoms with Gasteiger partial charge >= 0.3 is 0 Å². The highest BCUT2D eigenvalue weighted by Crippen LogP contribution is 2.30. The zero-order valence-electron chi connectivity index (χ0n) is 15.8. The molecule has 144 valence electrons. The second-order valence-corrected chi connectivity index (χ2v) is 7.95. The molecule has 26 heavy (non-hydrogen) atoms. The average molecular weight is 362 g/mol. The van der Waals surface area contributed by atoms with Crippen LogP contribution in [0, 0.1) is 17.7 Å². The third-order valence-electron chi connectivity index (χ3n) is 6.04. The molecule has 4 nitrogen and oxygen atoms in total. The first-order valence-corrected chi connectivity index (χ1v) is 9.95. The molecule has 0 atom stereocenters. The fourth-order valence-electron chi connectivity index (χ4n) is 4.44. The fraction of sp³-hybridized carbons (Fsp3) is 0.667. The van der Waals surface area contributed by atoms with Crippen molar-refractivity contribution in [1.82, 2.24) is 4.90 Å².